The molecular formula is C13H22N4O. The van der Waals surface area contributed by atoms with Gasteiger partial charge < -0.3 is 15.8 Å². The lowest BCUT2D eigenvalue weighted by atomic mass is 10.2. The van der Waals surface area contributed by atoms with Crippen molar-refractivity contribution in [1.82, 2.24) is 9.99 Å². The molecule has 1 rings (SSSR count). The Morgan fingerprint density at radius 3 is 2.78 bits per heavy atom. The normalized spacial score (nSPS) is 11.6. The zero-order chi connectivity index (χ0) is 13.2. The number of hydrogen-bond acceptors (Lipinski definition) is 5. The monoisotopic (exact) mass is 250 g/mol. The molecule has 0 aliphatic rings. The third-order valence-corrected chi connectivity index (χ3v) is 2.62. The number of aromatic nitrogens is 1. The molecule has 1 aromatic heterocycles. The van der Waals surface area contributed by atoms with Gasteiger partial charge in [0.1, 0.15) is 0 Å². The number of pyridine rings is 1. The summed E-state index contributed by atoms with van der Waals surface area (Å²) < 4.78 is 0. The Morgan fingerprint density at radius 1 is 1.33 bits per heavy atom. The van der Waals surface area contributed by atoms with Crippen molar-refractivity contribution >= 4 is 5.70 Å². The topological polar surface area (TPSA) is 88.4 Å². The highest BCUT2D eigenvalue weighted by atomic mass is 16.2. The van der Waals surface area contributed by atoms with E-state index in [1.165, 1.54) is 0 Å². The largest absolute Gasteiger partial charge is 0.397 e. The average Bonchev–Trinajstić information content (AvgIpc) is 2.39. The van der Waals surface area contributed by atoms with Crippen LogP contribution in [-0.2, 0) is 0 Å². The molecule has 1 heterocycles. The first-order chi connectivity index (χ1) is 8.74. The molecule has 0 amide bonds. The van der Waals surface area contributed by atoms with Gasteiger partial charge in [-0.3, -0.25) is 4.98 Å². The number of aliphatic hydroxyl groups excluding tert-OH is 1. The summed E-state index contributed by atoms with van der Waals surface area (Å²) in [6.07, 6.45) is 9.09. The van der Waals surface area contributed by atoms with E-state index < -0.39 is 0 Å². The molecule has 0 unspecified atom stereocenters. The van der Waals surface area contributed by atoms with Crippen LogP contribution in [0.5, 0.6) is 0 Å². The molecule has 0 aliphatic heterocycles. The minimum atomic E-state index is 0.264. The number of rotatable bonds is 8. The van der Waals surface area contributed by atoms with Gasteiger partial charge in [-0.2, -0.15) is 0 Å². The Bertz CT molecular complexity index is 353. The highest BCUT2D eigenvalue weighted by Gasteiger charge is 1.99. The Labute approximate surface area is 108 Å². The number of hydrazine groups is 1. The Hall–Kier alpha value is -1.59. The zero-order valence-corrected chi connectivity index (χ0v) is 10.6. The standard InChI is InChI=1S/C13H22N4O/c14-13(12-6-5-7-16-10-12)11-17(15)8-3-1-2-4-9-18/h5-7,10-11,18H,1-4,8-9,14-15H2/b13-11-. The molecule has 0 bridgehead atoms. The van der Waals surface area contributed by atoms with Crippen molar-refractivity contribution in [2.45, 2.75) is 25.7 Å². The lowest BCUT2D eigenvalue weighted by Gasteiger charge is -2.14. The van der Waals surface area contributed by atoms with Crippen LogP contribution in [0.1, 0.15) is 31.2 Å². The number of nitrogens with zero attached hydrogens (tertiary/aromatic N) is 2. The molecule has 0 radical (unpaired) electrons. The fourth-order valence-corrected chi connectivity index (χ4v) is 1.61. The Balaban J connectivity index is 2.32. The van der Waals surface area contributed by atoms with Crippen LogP contribution in [0.15, 0.2) is 30.7 Å². The Morgan fingerprint density at radius 2 is 2.11 bits per heavy atom. The van der Waals surface area contributed by atoms with Crippen molar-refractivity contribution in [3.63, 3.8) is 0 Å². The number of unbranched alkanes of at least 4 members (excludes halogenated alkanes) is 3. The van der Waals surface area contributed by atoms with E-state index in [0.29, 0.717) is 5.70 Å². The first-order valence-corrected chi connectivity index (χ1v) is 6.24. The van der Waals surface area contributed by atoms with E-state index in [-0.39, 0.29) is 6.61 Å². The number of nitrogens with two attached hydrogens (primary N) is 2. The maximum atomic E-state index is 8.65. The van der Waals surface area contributed by atoms with Crippen molar-refractivity contribution in [2.24, 2.45) is 11.6 Å². The fraction of sp³-hybridized carbons (Fsp3) is 0.462. The summed E-state index contributed by atoms with van der Waals surface area (Å²) in [5.74, 6) is 5.83. The number of aliphatic hydroxyl groups is 1. The molecule has 5 heteroatoms. The van der Waals surface area contributed by atoms with E-state index in [1.807, 2.05) is 12.1 Å². The van der Waals surface area contributed by atoms with Gasteiger partial charge in [0.05, 0.1) is 5.70 Å². The summed E-state index contributed by atoms with van der Waals surface area (Å²) in [5.41, 5.74) is 7.39. The smallest absolute Gasteiger partial charge is 0.0579 e. The first-order valence-electron chi connectivity index (χ1n) is 6.24. The van der Waals surface area contributed by atoms with Crippen LogP contribution in [0.2, 0.25) is 0 Å². The lowest BCUT2D eigenvalue weighted by Crippen LogP contribution is -2.27. The van der Waals surface area contributed by atoms with E-state index in [0.717, 1.165) is 37.8 Å². The van der Waals surface area contributed by atoms with E-state index in [2.05, 4.69) is 4.98 Å². The van der Waals surface area contributed by atoms with Crippen LogP contribution < -0.4 is 11.6 Å². The van der Waals surface area contributed by atoms with E-state index in [1.54, 1.807) is 23.6 Å². The van der Waals surface area contributed by atoms with Crippen LogP contribution in [0.4, 0.5) is 0 Å². The van der Waals surface area contributed by atoms with Gasteiger partial charge in [-0.15, -0.1) is 0 Å². The number of hydrogen-bond donors (Lipinski definition) is 3. The van der Waals surface area contributed by atoms with Crippen molar-refractivity contribution in [3.8, 4) is 0 Å². The maximum Gasteiger partial charge on any atom is 0.0579 e. The van der Waals surface area contributed by atoms with Gasteiger partial charge in [-0.05, 0) is 25.0 Å². The SMILES string of the molecule is N/C(=C\N(N)CCCCCCO)c1cccnc1. The van der Waals surface area contributed by atoms with Crippen LogP contribution in [0, 0.1) is 0 Å². The lowest BCUT2D eigenvalue weighted by molar-refractivity contribution is 0.280. The molecular weight excluding hydrogens is 228 g/mol. The summed E-state index contributed by atoms with van der Waals surface area (Å²) in [7, 11) is 0. The molecule has 0 fully saturated rings. The molecule has 0 spiro atoms. The molecule has 1 aromatic rings. The summed E-state index contributed by atoms with van der Waals surface area (Å²) >= 11 is 0. The van der Waals surface area contributed by atoms with Crippen LogP contribution in [0.25, 0.3) is 5.70 Å². The van der Waals surface area contributed by atoms with Gasteiger partial charge in [-0.1, -0.05) is 12.8 Å². The van der Waals surface area contributed by atoms with Gasteiger partial charge in [0.2, 0.25) is 0 Å². The quantitative estimate of drug-likeness (QED) is 0.365. The molecule has 0 aliphatic carbocycles. The van der Waals surface area contributed by atoms with Crippen LogP contribution in [0.3, 0.4) is 0 Å². The van der Waals surface area contributed by atoms with Gasteiger partial charge in [0.15, 0.2) is 0 Å². The average molecular weight is 250 g/mol. The summed E-state index contributed by atoms with van der Waals surface area (Å²) in [4.78, 5) is 4.01. The molecule has 0 saturated heterocycles. The van der Waals surface area contributed by atoms with Gasteiger partial charge in [0, 0.05) is 37.3 Å². The minimum Gasteiger partial charge on any atom is -0.397 e. The summed E-state index contributed by atoms with van der Waals surface area (Å²) in [5, 5.41) is 10.3. The van der Waals surface area contributed by atoms with E-state index in [4.69, 9.17) is 16.7 Å². The van der Waals surface area contributed by atoms with Crippen molar-refractivity contribution in [1.29, 1.82) is 0 Å². The molecule has 18 heavy (non-hydrogen) atoms. The summed E-state index contributed by atoms with van der Waals surface area (Å²) in [6.45, 7) is 1.02. The van der Waals surface area contributed by atoms with Gasteiger partial charge in [-0.25, -0.2) is 5.84 Å². The molecule has 100 valence electrons. The Kier molecular flexibility index (Phi) is 6.83. The molecule has 0 aromatic carbocycles. The van der Waals surface area contributed by atoms with Crippen LogP contribution >= 0.6 is 0 Å². The molecule has 5 N–H and O–H groups in total. The second kappa shape index (κ2) is 8.49. The molecule has 0 saturated carbocycles. The first kappa shape index (κ1) is 14.5. The van der Waals surface area contributed by atoms with Crippen molar-refractivity contribution < 1.29 is 5.11 Å². The minimum absolute atomic E-state index is 0.264. The van der Waals surface area contributed by atoms with Gasteiger partial charge in [0.25, 0.3) is 0 Å². The second-order valence-electron chi connectivity index (χ2n) is 4.20. The van der Waals surface area contributed by atoms with E-state index >= 15 is 0 Å². The third-order valence-electron chi connectivity index (χ3n) is 2.62. The third kappa shape index (κ3) is 5.65. The molecule has 5 nitrogen and oxygen atoms in total. The maximum absolute atomic E-state index is 8.65. The highest BCUT2D eigenvalue weighted by Crippen LogP contribution is 2.07. The fourth-order valence-electron chi connectivity index (χ4n) is 1.61. The van der Waals surface area contributed by atoms with Gasteiger partial charge >= 0.3 is 0 Å². The molecule has 0 atom stereocenters. The predicted octanol–water partition coefficient (Wildman–Crippen LogP) is 1.07. The van der Waals surface area contributed by atoms with Crippen LogP contribution in [-0.4, -0.2) is 28.3 Å². The predicted molar refractivity (Wildman–Crippen MR) is 72.8 cm³/mol. The summed E-state index contributed by atoms with van der Waals surface area (Å²) in [6, 6.07) is 3.74. The highest BCUT2D eigenvalue weighted by molar-refractivity contribution is 5.60. The van der Waals surface area contributed by atoms with E-state index in [9.17, 15) is 0 Å². The van der Waals surface area contributed by atoms with Crippen molar-refractivity contribution in [2.75, 3.05) is 13.2 Å². The second-order valence-corrected chi connectivity index (χ2v) is 4.20. The zero-order valence-electron chi connectivity index (χ0n) is 10.6. The van der Waals surface area contributed by atoms with Crippen molar-refractivity contribution in [3.05, 3.63) is 36.3 Å².